The fourth-order valence-corrected chi connectivity index (χ4v) is 3.44. The van der Waals surface area contributed by atoms with Gasteiger partial charge in [0, 0.05) is 12.1 Å². The first-order chi connectivity index (χ1) is 8.35. The summed E-state index contributed by atoms with van der Waals surface area (Å²) in [5.74, 6) is 0.883. The molecule has 2 unspecified atom stereocenters. The second-order valence-corrected chi connectivity index (χ2v) is 5.50. The normalized spacial score (nSPS) is 29.1. The Bertz CT molecular complexity index is 257. The Labute approximate surface area is 105 Å². The van der Waals surface area contributed by atoms with Crippen LogP contribution in [0, 0.1) is 17.2 Å². The molecule has 0 bridgehead atoms. The van der Waals surface area contributed by atoms with E-state index in [4.69, 9.17) is 5.26 Å². The van der Waals surface area contributed by atoms with E-state index in [1.54, 1.807) is 0 Å². The number of nitrogens with zero attached hydrogens (tertiary/aromatic N) is 2. The number of likely N-dealkylation sites (tertiary alicyclic amines) is 1. The summed E-state index contributed by atoms with van der Waals surface area (Å²) < 4.78 is 0. The zero-order valence-corrected chi connectivity index (χ0v) is 11.0. The Morgan fingerprint density at radius 1 is 1.35 bits per heavy atom. The van der Waals surface area contributed by atoms with E-state index < -0.39 is 0 Å². The molecule has 0 amide bonds. The zero-order chi connectivity index (χ0) is 12.1. The second-order valence-electron chi connectivity index (χ2n) is 5.50. The van der Waals surface area contributed by atoms with Crippen molar-refractivity contribution in [2.45, 2.75) is 57.5 Å². The lowest BCUT2D eigenvalue weighted by Gasteiger charge is -2.38. The van der Waals surface area contributed by atoms with Gasteiger partial charge in [0.25, 0.3) is 0 Å². The van der Waals surface area contributed by atoms with Crippen LogP contribution in [-0.2, 0) is 0 Å². The average molecular weight is 235 g/mol. The third kappa shape index (κ3) is 3.20. The van der Waals surface area contributed by atoms with Gasteiger partial charge in [0.1, 0.15) is 0 Å². The van der Waals surface area contributed by atoms with E-state index >= 15 is 0 Å². The van der Waals surface area contributed by atoms with Gasteiger partial charge in [-0.15, -0.1) is 0 Å². The van der Waals surface area contributed by atoms with Gasteiger partial charge in [0.15, 0.2) is 0 Å². The van der Waals surface area contributed by atoms with Crippen molar-refractivity contribution in [3.63, 3.8) is 0 Å². The molecule has 2 heterocycles. The van der Waals surface area contributed by atoms with Gasteiger partial charge in [-0.25, -0.2) is 0 Å². The van der Waals surface area contributed by atoms with E-state index in [2.05, 4.69) is 23.2 Å². The maximum atomic E-state index is 8.84. The number of hydrogen-bond acceptors (Lipinski definition) is 3. The van der Waals surface area contributed by atoms with Crippen molar-refractivity contribution in [1.82, 2.24) is 10.2 Å². The van der Waals surface area contributed by atoms with E-state index in [1.807, 2.05) is 0 Å². The highest BCUT2D eigenvalue weighted by Crippen LogP contribution is 2.27. The molecule has 0 aromatic heterocycles. The fourth-order valence-electron chi connectivity index (χ4n) is 3.44. The minimum absolute atomic E-state index is 0.498. The highest BCUT2D eigenvalue weighted by molar-refractivity contribution is 4.89. The molecule has 0 saturated carbocycles. The molecule has 2 aliphatic heterocycles. The number of rotatable bonds is 4. The molecule has 2 fully saturated rings. The van der Waals surface area contributed by atoms with E-state index in [-0.39, 0.29) is 0 Å². The average Bonchev–Trinajstić information content (AvgIpc) is 2.90. The molecule has 2 rings (SSSR count). The van der Waals surface area contributed by atoms with Crippen LogP contribution < -0.4 is 5.32 Å². The summed E-state index contributed by atoms with van der Waals surface area (Å²) in [6.07, 6.45) is 7.18. The standard InChI is InChI=1S/C14H25N3/c1-2-13(5-8-15)17-10-6-12(7-11-17)14-4-3-9-16-14/h12-14,16H,2-7,9-11H2,1H3. The summed E-state index contributed by atoms with van der Waals surface area (Å²) in [6.45, 7) is 5.82. The molecule has 2 aliphatic rings. The summed E-state index contributed by atoms with van der Waals surface area (Å²) in [5.41, 5.74) is 0. The second kappa shape index (κ2) is 6.37. The summed E-state index contributed by atoms with van der Waals surface area (Å²) in [4.78, 5) is 2.54. The highest BCUT2D eigenvalue weighted by atomic mass is 15.2. The summed E-state index contributed by atoms with van der Waals surface area (Å²) in [6, 6.07) is 3.61. The number of nitriles is 1. The third-order valence-corrected chi connectivity index (χ3v) is 4.56. The zero-order valence-electron chi connectivity index (χ0n) is 11.0. The summed E-state index contributed by atoms with van der Waals surface area (Å²) in [5, 5.41) is 12.5. The van der Waals surface area contributed by atoms with Gasteiger partial charge in [-0.1, -0.05) is 6.92 Å². The molecule has 2 atom stereocenters. The first-order valence-electron chi connectivity index (χ1n) is 7.19. The van der Waals surface area contributed by atoms with Crippen LogP contribution in [0.5, 0.6) is 0 Å². The van der Waals surface area contributed by atoms with Gasteiger partial charge in [-0.2, -0.15) is 5.26 Å². The lowest BCUT2D eigenvalue weighted by molar-refractivity contribution is 0.117. The molecule has 3 heteroatoms. The summed E-state index contributed by atoms with van der Waals surface area (Å²) in [7, 11) is 0. The molecule has 0 aromatic carbocycles. The number of hydrogen-bond donors (Lipinski definition) is 1. The maximum Gasteiger partial charge on any atom is 0.0638 e. The quantitative estimate of drug-likeness (QED) is 0.811. The van der Waals surface area contributed by atoms with Crippen molar-refractivity contribution in [3.05, 3.63) is 0 Å². The number of nitrogens with one attached hydrogen (secondary N) is 1. The molecule has 0 spiro atoms. The molecular weight excluding hydrogens is 210 g/mol. The third-order valence-electron chi connectivity index (χ3n) is 4.56. The van der Waals surface area contributed by atoms with Gasteiger partial charge >= 0.3 is 0 Å². The van der Waals surface area contributed by atoms with Crippen molar-refractivity contribution in [3.8, 4) is 6.07 Å². The maximum absolute atomic E-state index is 8.84. The Balaban J connectivity index is 1.78. The van der Waals surface area contributed by atoms with Crippen LogP contribution in [0.15, 0.2) is 0 Å². The van der Waals surface area contributed by atoms with Crippen LogP contribution in [0.4, 0.5) is 0 Å². The van der Waals surface area contributed by atoms with Crippen molar-refractivity contribution in [2.75, 3.05) is 19.6 Å². The number of piperidine rings is 1. The van der Waals surface area contributed by atoms with Gasteiger partial charge < -0.3 is 5.32 Å². The minimum Gasteiger partial charge on any atom is -0.314 e. The monoisotopic (exact) mass is 235 g/mol. The summed E-state index contributed by atoms with van der Waals surface area (Å²) >= 11 is 0. The minimum atomic E-state index is 0.498. The molecule has 2 saturated heterocycles. The Morgan fingerprint density at radius 2 is 2.12 bits per heavy atom. The largest absolute Gasteiger partial charge is 0.314 e. The molecule has 96 valence electrons. The van der Waals surface area contributed by atoms with Crippen LogP contribution in [0.3, 0.4) is 0 Å². The Kier molecular flexibility index (Phi) is 4.82. The van der Waals surface area contributed by atoms with Crippen LogP contribution in [0.25, 0.3) is 0 Å². The first kappa shape index (κ1) is 12.9. The van der Waals surface area contributed by atoms with Gasteiger partial charge in [-0.05, 0) is 57.7 Å². The van der Waals surface area contributed by atoms with Crippen LogP contribution in [0.2, 0.25) is 0 Å². The highest BCUT2D eigenvalue weighted by Gasteiger charge is 2.30. The Hall–Kier alpha value is -0.590. The van der Waals surface area contributed by atoms with Gasteiger partial charge in [0.05, 0.1) is 12.5 Å². The van der Waals surface area contributed by atoms with E-state index in [0.717, 1.165) is 18.4 Å². The predicted molar refractivity (Wildman–Crippen MR) is 69.6 cm³/mol. The van der Waals surface area contributed by atoms with Gasteiger partial charge in [0.2, 0.25) is 0 Å². The van der Waals surface area contributed by atoms with E-state index in [0.29, 0.717) is 12.5 Å². The Morgan fingerprint density at radius 3 is 2.65 bits per heavy atom. The van der Waals surface area contributed by atoms with E-state index in [1.165, 1.54) is 45.3 Å². The predicted octanol–water partition coefficient (Wildman–Crippen LogP) is 2.14. The van der Waals surface area contributed by atoms with Crippen LogP contribution in [0.1, 0.15) is 45.4 Å². The van der Waals surface area contributed by atoms with Crippen LogP contribution >= 0.6 is 0 Å². The SMILES string of the molecule is CCC(CC#N)N1CCC(C2CCCN2)CC1. The van der Waals surface area contributed by atoms with Crippen molar-refractivity contribution >= 4 is 0 Å². The van der Waals surface area contributed by atoms with Crippen molar-refractivity contribution in [2.24, 2.45) is 5.92 Å². The van der Waals surface area contributed by atoms with Gasteiger partial charge in [-0.3, -0.25) is 4.90 Å². The molecule has 0 aromatic rings. The van der Waals surface area contributed by atoms with E-state index in [9.17, 15) is 0 Å². The smallest absolute Gasteiger partial charge is 0.0638 e. The molecular formula is C14H25N3. The molecule has 1 N–H and O–H groups in total. The molecule has 0 aliphatic carbocycles. The first-order valence-corrected chi connectivity index (χ1v) is 7.19. The molecule has 3 nitrogen and oxygen atoms in total. The van der Waals surface area contributed by atoms with Crippen molar-refractivity contribution in [1.29, 1.82) is 5.26 Å². The van der Waals surface area contributed by atoms with Crippen LogP contribution in [-0.4, -0.2) is 36.6 Å². The molecule has 17 heavy (non-hydrogen) atoms. The lowest BCUT2D eigenvalue weighted by atomic mass is 9.87. The fraction of sp³-hybridized carbons (Fsp3) is 0.929. The topological polar surface area (TPSA) is 39.1 Å². The molecule has 0 radical (unpaired) electrons. The van der Waals surface area contributed by atoms with Crippen molar-refractivity contribution < 1.29 is 0 Å². The lowest BCUT2D eigenvalue weighted by Crippen LogP contribution is -2.44.